The number of piperidine rings is 1. The zero-order chi connectivity index (χ0) is 16.6. The molecule has 0 atom stereocenters. The summed E-state index contributed by atoms with van der Waals surface area (Å²) in [6.07, 6.45) is 1.39. The molecule has 6 nitrogen and oxygen atoms in total. The van der Waals surface area contributed by atoms with Gasteiger partial charge in [0.15, 0.2) is 5.75 Å². The van der Waals surface area contributed by atoms with Gasteiger partial charge in [-0.15, -0.1) is 0 Å². The zero-order valence-electron chi connectivity index (χ0n) is 14.0. The summed E-state index contributed by atoms with van der Waals surface area (Å²) in [7, 11) is 2.02. The first-order chi connectivity index (χ1) is 11.0. The number of rotatable bonds is 3. The summed E-state index contributed by atoms with van der Waals surface area (Å²) >= 11 is 0. The molecule has 0 bridgehead atoms. The first-order valence-corrected chi connectivity index (χ1v) is 8.14. The van der Waals surface area contributed by atoms with Crippen LogP contribution in [-0.4, -0.2) is 39.7 Å². The summed E-state index contributed by atoms with van der Waals surface area (Å²) < 4.78 is 7.20. The van der Waals surface area contributed by atoms with Crippen LogP contribution in [-0.2, 0) is 7.05 Å². The molecular formula is C17H24N4O2. The highest BCUT2D eigenvalue weighted by atomic mass is 16.5. The Labute approximate surface area is 136 Å². The molecule has 0 spiro atoms. The van der Waals surface area contributed by atoms with E-state index in [-0.39, 0.29) is 0 Å². The number of hydrogen-bond acceptors (Lipinski definition) is 4. The molecule has 3 rings (SSSR count). The number of imidazole rings is 1. The molecule has 1 fully saturated rings. The molecule has 0 saturated carbocycles. The number of ether oxygens (including phenoxy) is 1. The number of carbonyl (C=O) groups excluding carboxylic acids is 1. The van der Waals surface area contributed by atoms with E-state index in [1.807, 2.05) is 19.2 Å². The SMILES string of the molecule is CC(C)N1CCC(c2nc3c(OC(N)=O)cccc3n2C)CC1. The number of nitrogens with two attached hydrogens (primary N) is 1. The lowest BCUT2D eigenvalue weighted by Gasteiger charge is -2.34. The molecule has 23 heavy (non-hydrogen) atoms. The van der Waals surface area contributed by atoms with E-state index in [9.17, 15) is 4.79 Å². The minimum Gasteiger partial charge on any atom is -0.408 e. The summed E-state index contributed by atoms with van der Waals surface area (Å²) in [6, 6.07) is 6.16. The first kappa shape index (κ1) is 15.8. The monoisotopic (exact) mass is 316 g/mol. The van der Waals surface area contributed by atoms with Crippen LogP contribution in [0.5, 0.6) is 5.75 Å². The minimum absolute atomic E-state index is 0.427. The van der Waals surface area contributed by atoms with Gasteiger partial charge < -0.3 is 19.9 Å². The number of benzene rings is 1. The molecule has 1 amide bonds. The van der Waals surface area contributed by atoms with Gasteiger partial charge in [-0.1, -0.05) is 6.07 Å². The van der Waals surface area contributed by atoms with Crippen molar-refractivity contribution in [3.63, 3.8) is 0 Å². The third-order valence-electron chi connectivity index (χ3n) is 4.74. The molecule has 1 aromatic heterocycles. The Balaban J connectivity index is 1.90. The number of amides is 1. The van der Waals surface area contributed by atoms with E-state index in [0.29, 0.717) is 23.2 Å². The number of carbonyl (C=O) groups is 1. The van der Waals surface area contributed by atoms with E-state index in [1.165, 1.54) is 0 Å². The Morgan fingerprint density at radius 3 is 2.65 bits per heavy atom. The van der Waals surface area contributed by atoms with Crippen LogP contribution in [0.4, 0.5) is 4.79 Å². The molecule has 1 saturated heterocycles. The number of para-hydroxylation sites is 1. The normalized spacial score (nSPS) is 17.0. The van der Waals surface area contributed by atoms with Crippen LogP contribution in [0.3, 0.4) is 0 Å². The molecular weight excluding hydrogens is 292 g/mol. The van der Waals surface area contributed by atoms with Gasteiger partial charge in [0.25, 0.3) is 0 Å². The summed E-state index contributed by atoms with van der Waals surface area (Å²) in [5, 5.41) is 0. The van der Waals surface area contributed by atoms with Gasteiger partial charge in [-0.3, -0.25) is 0 Å². The Kier molecular flexibility index (Phi) is 4.26. The van der Waals surface area contributed by atoms with Crippen LogP contribution in [0.1, 0.15) is 38.4 Å². The summed E-state index contributed by atoms with van der Waals surface area (Å²) in [5.41, 5.74) is 6.81. The maximum Gasteiger partial charge on any atom is 0.410 e. The van der Waals surface area contributed by atoms with E-state index in [2.05, 4.69) is 23.3 Å². The maximum atomic E-state index is 11.1. The average molecular weight is 316 g/mol. The maximum absolute atomic E-state index is 11.1. The van der Waals surface area contributed by atoms with Crippen LogP contribution >= 0.6 is 0 Å². The van der Waals surface area contributed by atoms with Crippen LogP contribution < -0.4 is 10.5 Å². The second kappa shape index (κ2) is 6.20. The topological polar surface area (TPSA) is 73.4 Å². The minimum atomic E-state index is -0.810. The van der Waals surface area contributed by atoms with Crippen molar-refractivity contribution < 1.29 is 9.53 Å². The quantitative estimate of drug-likeness (QED) is 0.944. The van der Waals surface area contributed by atoms with Gasteiger partial charge in [-0.25, -0.2) is 9.78 Å². The Morgan fingerprint density at radius 2 is 2.04 bits per heavy atom. The number of aryl methyl sites for hydroxylation is 1. The predicted octanol–water partition coefficient (Wildman–Crippen LogP) is 2.62. The Hall–Kier alpha value is -2.08. The van der Waals surface area contributed by atoms with E-state index >= 15 is 0 Å². The fraction of sp³-hybridized carbons (Fsp3) is 0.529. The van der Waals surface area contributed by atoms with E-state index in [0.717, 1.165) is 37.3 Å². The molecule has 1 aliphatic heterocycles. The first-order valence-electron chi connectivity index (χ1n) is 8.14. The van der Waals surface area contributed by atoms with Crippen molar-refractivity contribution in [3.8, 4) is 5.75 Å². The van der Waals surface area contributed by atoms with Crippen molar-refractivity contribution in [2.24, 2.45) is 12.8 Å². The van der Waals surface area contributed by atoms with Gasteiger partial charge >= 0.3 is 6.09 Å². The van der Waals surface area contributed by atoms with Crippen molar-refractivity contribution in [1.29, 1.82) is 0 Å². The lowest BCUT2D eigenvalue weighted by Crippen LogP contribution is -2.38. The third kappa shape index (κ3) is 3.03. The summed E-state index contributed by atoms with van der Waals surface area (Å²) in [5.74, 6) is 1.92. The molecule has 1 aliphatic rings. The lowest BCUT2D eigenvalue weighted by molar-refractivity contribution is 0.169. The van der Waals surface area contributed by atoms with Crippen molar-refractivity contribution in [2.75, 3.05) is 13.1 Å². The van der Waals surface area contributed by atoms with E-state index in [4.69, 9.17) is 15.5 Å². The second-order valence-corrected chi connectivity index (χ2v) is 6.48. The fourth-order valence-electron chi connectivity index (χ4n) is 3.44. The van der Waals surface area contributed by atoms with Gasteiger partial charge in [0.05, 0.1) is 5.52 Å². The molecule has 2 heterocycles. The smallest absolute Gasteiger partial charge is 0.408 e. The molecule has 0 radical (unpaired) electrons. The summed E-state index contributed by atoms with van der Waals surface area (Å²) in [6.45, 7) is 6.66. The standard InChI is InChI=1S/C17H24N4O2/c1-11(2)21-9-7-12(8-10-21)16-19-15-13(20(16)3)5-4-6-14(15)23-17(18)22/h4-6,11-12H,7-10H2,1-3H3,(H2,18,22). The number of aromatic nitrogens is 2. The number of fused-ring (bicyclic) bond motifs is 1. The predicted molar refractivity (Wildman–Crippen MR) is 89.6 cm³/mol. The molecule has 6 heteroatoms. The van der Waals surface area contributed by atoms with Gasteiger partial charge in [0, 0.05) is 19.0 Å². The zero-order valence-corrected chi connectivity index (χ0v) is 14.0. The number of hydrogen-bond donors (Lipinski definition) is 1. The Morgan fingerprint density at radius 1 is 1.35 bits per heavy atom. The van der Waals surface area contributed by atoms with Crippen LogP contribution in [0.2, 0.25) is 0 Å². The average Bonchev–Trinajstić information content (AvgIpc) is 2.85. The fourth-order valence-corrected chi connectivity index (χ4v) is 3.44. The molecule has 2 N–H and O–H groups in total. The van der Waals surface area contributed by atoms with Crippen LogP contribution in [0.15, 0.2) is 18.2 Å². The molecule has 1 aromatic carbocycles. The number of primary amides is 1. The summed E-state index contributed by atoms with van der Waals surface area (Å²) in [4.78, 5) is 18.3. The highest BCUT2D eigenvalue weighted by Crippen LogP contribution is 2.33. The van der Waals surface area contributed by atoms with E-state index < -0.39 is 6.09 Å². The van der Waals surface area contributed by atoms with Crippen molar-refractivity contribution in [1.82, 2.24) is 14.5 Å². The van der Waals surface area contributed by atoms with Crippen LogP contribution in [0, 0.1) is 0 Å². The molecule has 0 aliphatic carbocycles. The highest BCUT2D eigenvalue weighted by Gasteiger charge is 2.26. The molecule has 2 aromatic rings. The van der Waals surface area contributed by atoms with Gasteiger partial charge in [0.1, 0.15) is 11.3 Å². The van der Waals surface area contributed by atoms with Crippen molar-refractivity contribution in [2.45, 2.75) is 38.6 Å². The van der Waals surface area contributed by atoms with Gasteiger partial charge in [-0.05, 0) is 51.9 Å². The highest BCUT2D eigenvalue weighted by molar-refractivity contribution is 5.85. The van der Waals surface area contributed by atoms with Gasteiger partial charge in [0.2, 0.25) is 0 Å². The number of nitrogens with zero attached hydrogens (tertiary/aromatic N) is 3. The van der Waals surface area contributed by atoms with Crippen LogP contribution in [0.25, 0.3) is 11.0 Å². The Bertz CT molecular complexity index is 715. The van der Waals surface area contributed by atoms with Crippen molar-refractivity contribution in [3.05, 3.63) is 24.0 Å². The second-order valence-electron chi connectivity index (χ2n) is 6.48. The molecule has 124 valence electrons. The van der Waals surface area contributed by atoms with Gasteiger partial charge in [-0.2, -0.15) is 0 Å². The van der Waals surface area contributed by atoms with Crippen molar-refractivity contribution >= 4 is 17.1 Å². The van der Waals surface area contributed by atoms with E-state index in [1.54, 1.807) is 6.07 Å². The molecule has 0 unspecified atom stereocenters. The number of likely N-dealkylation sites (tertiary alicyclic amines) is 1. The third-order valence-corrected chi connectivity index (χ3v) is 4.74. The lowest BCUT2D eigenvalue weighted by atomic mass is 9.95. The largest absolute Gasteiger partial charge is 0.410 e.